The van der Waals surface area contributed by atoms with Crippen LogP contribution in [0, 0.1) is 0 Å². The Morgan fingerprint density at radius 2 is 1.97 bits per heavy atom. The van der Waals surface area contributed by atoms with Gasteiger partial charge in [0.25, 0.3) is 0 Å². The molecule has 1 saturated heterocycles. The highest BCUT2D eigenvalue weighted by molar-refractivity contribution is 8.01. The molecule has 1 aliphatic rings. The molecule has 1 heterocycles. The number of urea groups is 1. The number of hydrazine groups is 1. The van der Waals surface area contributed by atoms with E-state index < -0.39 is 33.1 Å². The van der Waals surface area contributed by atoms with E-state index >= 15 is 0 Å². The fourth-order valence-electron chi connectivity index (χ4n) is 2.66. The van der Waals surface area contributed by atoms with E-state index in [4.69, 9.17) is 0 Å². The highest BCUT2D eigenvalue weighted by Crippen LogP contribution is 2.23. The maximum atomic E-state index is 12.8. The predicted octanol–water partition coefficient (Wildman–Crippen LogP) is 0.329. The summed E-state index contributed by atoms with van der Waals surface area (Å²) in [7, 11) is -2.05. The van der Waals surface area contributed by atoms with Crippen molar-refractivity contribution in [3.8, 4) is 0 Å². The van der Waals surface area contributed by atoms with Crippen LogP contribution >= 0.6 is 11.8 Å². The lowest BCUT2D eigenvalue weighted by molar-refractivity contribution is -0.141. The number of carbonyl (C=O) groups excluding carboxylic acids is 2. The lowest BCUT2D eigenvalue weighted by atomic mass is 10.2. The highest BCUT2D eigenvalue weighted by Gasteiger charge is 2.34. The molecule has 2 rings (SSSR count). The third kappa shape index (κ3) is 6.61. The van der Waals surface area contributed by atoms with Gasteiger partial charge in [-0.1, -0.05) is 18.2 Å². The maximum Gasteiger partial charge on any atom is 0.332 e. The monoisotopic (exact) mass is 444 g/mol. The summed E-state index contributed by atoms with van der Waals surface area (Å²) in [5.41, 5.74) is 2.62. The first kappa shape index (κ1) is 23.0. The lowest BCUT2D eigenvalue weighted by Crippen LogP contribution is -2.44. The molecular weight excluding hydrogens is 420 g/mol. The number of hydrogen-bond donors (Lipinski definition) is 3. The molecule has 0 aliphatic carbocycles. The normalized spacial score (nSPS) is 16.9. The van der Waals surface area contributed by atoms with Gasteiger partial charge in [-0.25, -0.2) is 18.0 Å². The first-order valence-electron chi connectivity index (χ1n) is 8.78. The molecule has 3 N–H and O–H groups in total. The molecule has 1 aromatic rings. The van der Waals surface area contributed by atoms with Crippen LogP contribution in [0.5, 0.6) is 0 Å². The van der Waals surface area contributed by atoms with Crippen molar-refractivity contribution >= 4 is 39.5 Å². The fourth-order valence-corrected chi connectivity index (χ4v) is 5.85. The van der Waals surface area contributed by atoms with Crippen molar-refractivity contribution in [3.05, 3.63) is 30.3 Å². The molecular formula is C17H24N4O6S2. The van der Waals surface area contributed by atoms with Gasteiger partial charge in [0, 0.05) is 14.0 Å². The average Bonchev–Trinajstić information content (AvgIpc) is 2.99. The van der Waals surface area contributed by atoms with Crippen molar-refractivity contribution in [2.24, 2.45) is 0 Å². The van der Waals surface area contributed by atoms with Gasteiger partial charge in [0.05, 0.1) is 22.7 Å². The molecule has 3 amide bonds. The summed E-state index contributed by atoms with van der Waals surface area (Å²) < 4.78 is 25.6. The topological polar surface area (TPSA) is 136 Å². The Morgan fingerprint density at radius 1 is 1.31 bits per heavy atom. The van der Waals surface area contributed by atoms with E-state index in [1.807, 2.05) is 0 Å². The number of aliphatic carboxylic acids is 1. The standard InChI is InChI=1S/C17H24N4O6S2/c1-12(22)18-14(16(23)24)8-9-28-15(21-11-20(2)17(25)19-21)10-29(26,27)13-6-4-3-5-7-13/h3-7,14-15H,8-11H2,1-2H3,(H,18,22)(H,19,25)(H,23,24). The van der Waals surface area contributed by atoms with Crippen LogP contribution in [0.4, 0.5) is 4.79 Å². The molecule has 29 heavy (non-hydrogen) atoms. The van der Waals surface area contributed by atoms with Crippen molar-refractivity contribution in [2.45, 2.75) is 29.7 Å². The molecule has 2 atom stereocenters. The Balaban J connectivity index is 2.10. The molecule has 160 valence electrons. The van der Waals surface area contributed by atoms with E-state index in [0.29, 0.717) is 0 Å². The third-order valence-electron chi connectivity index (χ3n) is 4.15. The summed E-state index contributed by atoms with van der Waals surface area (Å²) in [6.07, 6.45) is 0.110. The van der Waals surface area contributed by atoms with Gasteiger partial charge in [0.1, 0.15) is 6.04 Å². The Labute approximate surface area is 173 Å². The van der Waals surface area contributed by atoms with E-state index in [1.54, 1.807) is 25.2 Å². The number of hydrogen-bond acceptors (Lipinski definition) is 7. The minimum atomic E-state index is -3.64. The molecule has 1 aromatic carbocycles. The molecule has 0 aromatic heterocycles. The number of sulfone groups is 1. The van der Waals surface area contributed by atoms with Crippen LogP contribution in [0.15, 0.2) is 35.2 Å². The number of rotatable bonds is 10. The number of nitrogens with one attached hydrogen (secondary N) is 2. The van der Waals surface area contributed by atoms with E-state index in [9.17, 15) is 27.9 Å². The zero-order valence-corrected chi connectivity index (χ0v) is 17.7. The number of amides is 3. The Bertz CT molecular complexity index is 849. The van der Waals surface area contributed by atoms with Gasteiger partial charge in [0.2, 0.25) is 5.91 Å². The van der Waals surface area contributed by atoms with Crippen molar-refractivity contribution < 1.29 is 27.9 Å². The molecule has 2 unspecified atom stereocenters. The van der Waals surface area contributed by atoms with E-state index in [1.165, 1.54) is 40.7 Å². The van der Waals surface area contributed by atoms with Crippen molar-refractivity contribution in [1.29, 1.82) is 0 Å². The van der Waals surface area contributed by atoms with Gasteiger partial charge in [-0.3, -0.25) is 10.2 Å². The summed E-state index contributed by atoms with van der Waals surface area (Å²) >= 11 is 1.21. The fraction of sp³-hybridized carbons (Fsp3) is 0.471. The maximum absolute atomic E-state index is 12.8. The molecule has 0 saturated carbocycles. The number of thioether (sulfide) groups is 1. The molecule has 10 nitrogen and oxygen atoms in total. The highest BCUT2D eigenvalue weighted by atomic mass is 32.2. The predicted molar refractivity (Wildman–Crippen MR) is 108 cm³/mol. The van der Waals surface area contributed by atoms with Gasteiger partial charge in [-0.15, -0.1) is 11.8 Å². The average molecular weight is 445 g/mol. The SMILES string of the molecule is CC(=O)NC(CCSC(CS(=O)(=O)c1ccccc1)N1CN(C)C(=O)N1)C(=O)O. The van der Waals surface area contributed by atoms with Crippen LogP contribution in [0.3, 0.4) is 0 Å². The van der Waals surface area contributed by atoms with Gasteiger partial charge in [-0.2, -0.15) is 5.01 Å². The first-order valence-corrected chi connectivity index (χ1v) is 11.5. The van der Waals surface area contributed by atoms with Crippen LogP contribution in [-0.4, -0.2) is 78.0 Å². The number of carbonyl (C=O) groups is 3. The number of nitrogens with zero attached hydrogens (tertiary/aromatic N) is 2. The number of carboxylic acid groups (broad SMARTS) is 1. The van der Waals surface area contributed by atoms with Gasteiger partial charge >= 0.3 is 12.0 Å². The lowest BCUT2D eigenvalue weighted by Gasteiger charge is -2.26. The van der Waals surface area contributed by atoms with Crippen LogP contribution in [0.2, 0.25) is 0 Å². The smallest absolute Gasteiger partial charge is 0.332 e. The first-order chi connectivity index (χ1) is 13.6. The number of carboxylic acids is 1. The summed E-state index contributed by atoms with van der Waals surface area (Å²) in [6.45, 7) is 1.42. The zero-order chi connectivity index (χ0) is 21.6. The van der Waals surface area contributed by atoms with E-state index in [0.717, 1.165) is 0 Å². The van der Waals surface area contributed by atoms with Crippen molar-refractivity contribution in [3.63, 3.8) is 0 Å². The summed E-state index contributed by atoms with van der Waals surface area (Å²) in [4.78, 5) is 35.8. The molecule has 0 radical (unpaired) electrons. The minimum Gasteiger partial charge on any atom is -0.480 e. The Morgan fingerprint density at radius 3 is 2.48 bits per heavy atom. The summed E-state index contributed by atoms with van der Waals surface area (Å²) in [5, 5.41) is 12.4. The van der Waals surface area contributed by atoms with Gasteiger partial charge < -0.3 is 15.3 Å². The molecule has 0 bridgehead atoms. The Kier molecular flexibility index (Phi) is 7.88. The summed E-state index contributed by atoms with van der Waals surface area (Å²) in [5.74, 6) is -1.63. The summed E-state index contributed by atoms with van der Waals surface area (Å²) in [6, 6.07) is 6.56. The number of benzene rings is 1. The largest absolute Gasteiger partial charge is 0.480 e. The molecule has 1 fully saturated rings. The second-order valence-electron chi connectivity index (χ2n) is 6.53. The zero-order valence-electron chi connectivity index (χ0n) is 16.1. The quantitative estimate of drug-likeness (QED) is 0.470. The van der Waals surface area contributed by atoms with Crippen molar-refractivity contribution in [1.82, 2.24) is 20.7 Å². The molecule has 12 heteroatoms. The molecule has 1 aliphatic heterocycles. The second kappa shape index (κ2) is 9.94. The van der Waals surface area contributed by atoms with Crippen LogP contribution in [0.25, 0.3) is 0 Å². The van der Waals surface area contributed by atoms with Crippen LogP contribution in [0.1, 0.15) is 13.3 Å². The van der Waals surface area contributed by atoms with E-state index in [-0.39, 0.29) is 35.5 Å². The Hall–Kier alpha value is -2.31. The van der Waals surface area contributed by atoms with E-state index in [2.05, 4.69) is 10.7 Å². The van der Waals surface area contributed by atoms with Crippen LogP contribution < -0.4 is 10.7 Å². The molecule has 0 spiro atoms. The van der Waals surface area contributed by atoms with Gasteiger partial charge in [-0.05, 0) is 24.3 Å². The second-order valence-corrected chi connectivity index (χ2v) is 9.85. The van der Waals surface area contributed by atoms with Crippen molar-refractivity contribution in [2.75, 3.05) is 25.2 Å². The third-order valence-corrected chi connectivity index (χ3v) is 7.39. The minimum absolute atomic E-state index is 0.110. The van der Waals surface area contributed by atoms with Crippen LogP contribution in [-0.2, 0) is 19.4 Å². The van der Waals surface area contributed by atoms with Gasteiger partial charge in [0.15, 0.2) is 9.84 Å².